The summed E-state index contributed by atoms with van der Waals surface area (Å²) in [7, 11) is 0. The smallest absolute Gasteiger partial charge is 0.334 e. The van der Waals surface area contributed by atoms with Gasteiger partial charge in [0.15, 0.2) is 0 Å². The van der Waals surface area contributed by atoms with Gasteiger partial charge in [-0.1, -0.05) is 97.1 Å². The first-order chi connectivity index (χ1) is 19.0. The van der Waals surface area contributed by atoms with E-state index in [9.17, 15) is 19.5 Å². The average molecular weight is 559 g/mol. The van der Waals surface area contributed by atoms with E-state index < -0.39 is 16.8 Å². The van der Waals surface area contributed by atoms with Gasteiger partial charge in [0, 0.05) is 5.57 Å². The molecule has 6 heteroatoms. The molecule has 2 unspecified atom stereocenters. The molecular formula is C34H54O6. The number of rotatable bonds is 20. The number of aliphatic carboxylic acids is 1. The van der Waals surface area contributed by atoms with Crippen LogP contribution in [0.2, 0.25) is 0 Å². The number of carbonyl (C=O) groups is 3. The van der Waals surface area contributed by atoms with E-state index in [0.717, 1.165) is 50.5 Å². The van der Waals surface area contributed by atoms with Gasteiger partial charge in [-0.05, 0) is 68.9 Å². The second-order valence-corrected chi connectivity index (χ2v) is 11.8. The largest absolute Gasteiger partial charge is 0.481 e. The summed E-state index contributed by atoms with van der Waals surface area (Å²) in [5, 5.41) is 9.99. The fraction of sp³-hybridized carbons (Fsp3) is 0.676. The molecule has 0 saturated heterocycles. The number of ether oxygens (including phenoxy) is 2. The van der Waals surface area contributed by atoms with Gasteiger partial charge < -0.3 is 14.6 Å². The van der Waals surface area contributed by atoms with Crippen molar-refractivity contribution in [2.45, 2.75) is 113 Å². The number of benzene rings is 1. The molecule has 0 saturated carbocycles. The van der Waals surface area contributed by atoms with Crippen molar-refractivity contribution < 1.29 is 29.0 Å². The normalized spacial score (nSPS) is 13.9. The van der Waals surface area contributed by atoms with E-state index in [-0.39, 0.29) is 17.9 Å². The third-order valence-corrected chi connectivity index (χ3v) is 9.03. The van der Waals surface area contributed by atoms with Crippen molar-refractivity contribution in [1.29, 1.82) is 0 Å². The van der Waals surface area contributed by atoms with Crippen molar-refractivity contribution in [2.75, 3.05) is 13.2 Å². The number of carboxylic acid groups (broad SMARTS) is 1. The summed E-state index contributed by atoms with van der Waals surface area (Å²) in [6.45, 7) is 14.4. The molecule has 0 aliphatic carbocycles. The van der Waals surface area contributed by atoms with Crippen LogP contribution in [-0.2, 0) is 23.9 Å². The minimum atomic E-state index is -1.00. The molecule has 226 valence electrons. The predicted octanol–water partition coefficient (Wildman–Crippen LogP) is 8.49. The molecule has 0 bridgehead atoms. The minimum absolute atomic E-state index is 0.0558. The quantitative estimate of drug-likeness (QED) is 0.0980. The Labute approximate surface area is 242 Å². The SMILES string of the molecule is CCC(C)C(C)C(=O)OCCCCCCCCOC(=O)/C(=C/c1ccccc1)CC(CC)(CC)C(C)(C)C(=O)O. The van der Waals surface area contributed by atoms with Crippen molar-refractivity contribution in [2.24, 2.45) is 22.7 Å². The Morgan fingerprint density at radius 3 is 1.88 bits per heavy atom. The molecule has 1 rings (SSSR count). The molecule has 0 fully saturated rings. The van der Waals surface area contributed by atoms with Crippen molar-refractivity contribution >= 4 is 24.0 Å². The van der Waals surface area contributed by atoms with E-state index in [0.29, 0.717) is 44.0 Å². The van der Waals surface area contributed by atoms with Crippen LogP contribution in [-0.4, -0.2) is 36.2 Å². The minimum Gasteiger partial charge on any atom is -0.481 e. The lowest BCUT2D eigenvalue weighted by molar-refractivity contribution is -0.157. The molecule has 1 N–H and O–H groups in total. The van der Waals surface area contributed by atoms with Crippen LogP contribution in [0.25, 0.3) is 6.08 Å². The van der Waals surface area contributed by atoms with Crippen LogP contribution in [0.3, 0.4) is 0 Å². The van der Waals surface area contributed by atoms with Gasteiger partial charge in [-0.2, -0.15) is 0 Å². The van der Waals surface area contributed by atoms with E-state index in [1.165, 1.54) is 0 Å². The van der Waals surface area contributed by atoms with Crippen LogP contribution in [0, 0.1) is 22.7 Å². The first-order valence-electron chi connectivity index (χ1n) is 15.3. The Bertz CT molecular complexity index is 929. The molecule has 1 aromatic carbocycles. The molecular weight excluding hydrogens is 504 g/mol. The first kappa shape index (κ1) is 35.4. The summed E-state index contributed by atoms with van der Waals surface area (Å²) in [5.74, 6) is -1.05. The van der Waals surface area contributed by atoms with Crippen LogP contribution in [0.5, 0.6) is 0 Å². The number of esters is 2. The molecule has 0 heterocycles. The predicted molar refractivity (Wildman–Crippen MR) is 162 cm³/mol. The fourth-order valence-electron chi connectivity index (χ4n) is 5.19. The highest BCUT2D eigenvalue weighted by molar-refractivity contribution is 5.94. The lowest BCUT2D eigenvalue weighted by Gasteiger charge is -2.43. The highest BCUT2D eigenvalue weighted by Gasteiger charge is 2.48. The Hall–Kier alpha value is -2.63. The van der Waals surface area contributed by atoms with Gasteiger partial charge in [0.25, 0.3) is 0 Å². The number of hydrogen-bond donors (Lipinski definition) is 1. The Morgan fingerprint density at radius 2 is 1.38 bits per heavy atom. The van der Waals surface area contributed by atoms with Gasteiger partial charge in [0.1, 0.15) is 0 Å². The maximum absolute atomic E-state index is 13.2. The van der Waals surface area contributed by atoms with Gasteiger partial charge in [-0.15, -0.1) is 0 Å². The number of carbonyl (C=O) groups excluding carboxylic acids is 2. The van der Waals surface area contributed by atoms with Gasteiger partial charge in [-0.25, -0.2) is 4.79 Å². The third-order valence-electron chi connectivity index (χ3n) is 9.03. The standard InChI is InChI=1S/C34H54O6/c1-8-26(4)27(5)30(35)39-22-18-13-11-12-14-19-23-40-31(36)29(24-28-20-16-15-17-21-28)25-34(9-2,10-3)33(6,7)32(37)38/h15-17,20-21,24,26-27H,8-14,18-19,22-23,25H2,1-7H3,(H,37,38)/b29-24+. The van der Waals surface area contributed by atoms with Gasteiger partial charge >= 0.3 is 17.9 Å². The van der Waals surface area contributed by atoms with Crippen LogP contribution in [0.4, 0.5) is 0 Å². The number of hydrogen-bond acceptors (Lipinski definition) is 5. The van der Waals surface area contributed by atoms with Crippen LogP contribution in [0.1, 0.15) is 118 Å². The van der Waals surface area contributed by atoms with E-state index >= 15 is 0 Å². The molecule has 0 aromatic heterocycles. The van der Waals surface area contributed by atoms with Gasteiger partial charge in [0.2, 0.25) is 0 Å². The summed E-state index contributed by atoms with van der Waals surface area (Å²) >= 11 is 0. The van der Waals surface area contributed by atoms with Crippen molar-refractivity contribution in [3.05, 3.63) is 41.5 Å². The third kappa shape index (κ3) is 10.7. The van der Waals surface area contributed by atoms with E-state index in [2.05, 4.69) is 13.8 Å². The number of carboxylic acids is 1. The summed E-state index contributed by atoms with van der Waals surface area (Å²) in [4.78, 5) is 37.5. The van der Waals surface area contributed by atoms with Crippen LogP contribution in [0.15, 0.2) is 35.9 Å². The van der Waals surface area contributed by atoms with Crippen LogP contribution >= 0.6 is 0 Å². The van der Waals surface area contributed by atoms with Gasteiger partial charge in [-0.3, -0.25) is 9.59 Å². The van der Waals surface area contributed by atoms with E-state index in [1.54, 1.807) is 13.8 Å². The number of unbranched alkanes of at least 4 members (excludes halogenated alkanes) is 5. The molecule has 1 aromatic rings. The Kier molecular flexibility index (Phi) is 15.9. The second-order valence-electron chi connectivity index (χ2n) is 11.8. The van der Waals surface area contributed by atoms with Crippen molar-refractivity contribution in [1.82, 2.24) is 0 Å². The lowest BCUT2D eigenvalue weighted by Crippen LogP contribution is -2.44. The zero-order valence-corrected chi connectivity index (χ0v) is 26.1. The molecule has 2 atom stereocenters. The first-order valence-corrected chi connectivity index (χ1v) is 15.3. The maximum Gasteiger partial charge on any atom is 0.334 e. The molecule has 0 aliphatic rings. The Morgan fingerprint density at radius 1 is 0.850 bits per heavy atom. The van der Waals surface area contributed by atoms with Crippen LogP contribution < -0.4 is 0 Å². The molecule has 0 amide bonds. The van der Waals surface area contributed by atoms with Gasteiger partial charge in [0.05, 0.1) is 24.5 Å². The van der Waals surface area contributed by atoms with Crippen molar-refractivity contribution in [3.8, 4) is 0 Å². The summed E-state index contributed by atoms with van der Waals surface area (Å²) in [5.41, 5.74) is -0.180. The lowest BCUT2D eigenvalue weighted by atomic mass is 9.59. The summed E-state index contributed by atoms with van der Waals surface area (Å²) < 4.78 is 11.1. The van der Waals surface area contributed by atoms with Crippen molar-refractivity contribution in [3.63, 3.8) is 0 Å². The molecule has 6 nitrogen and oxygen atoms in total. The molecule has 0 aliphatic heterocycles. The zero-order valence-electron chi connectivity index (χ0n) is 26.1. The average Bonchev–Trinajstić information content (AvgIpc) is 2.95. The maximum atomic E-state index is 13.2. The summed E-state index contributed by atoms with van der Waals surface area (Å²) in [6.07, 6.45) is 10.1. The van der Waals surface area contributed by atoms with E-state index in [1.807, 2.05) is 57.2 Å². The summed E-state index contributed by atoms with van der Waals surface area (Å²) in [6, 6.07) is 9.62. The molecule has 0 radical (unpaired) electrons. The zero-order chi connectivity index (χ0) is 30.2. The Balaban J connectivity index is 2.59. The highest BCUT2D eigenvalue weighted by Crippen LogP contribution is 2.49. The van der Waals surface area contributed by atoms with E-state index in [4.69, 9.17) is 9.47 Å². The fourth-order valence-corrected chi connectivity index (χ4v) is 5.19. The monoisotopic (exact) mass is 558 g/mol. The topological polar surface area (TPSA) is 89.9 Å². The molecule has 0 spiro atoms. The molecule has 40 heavy (non-hydrogen) atoms. The second kappa shape index (κ2) is 17.9. The highest BCUT2D eigenvalue weighted by atomic mass is 16.5.